The third-order valence-electron chi connectivity index (χ3n) is 4.03. The molecule has 0 saturated carbocycles. The fourth-order valence-electron chi connectivity index (χ4n) is 2.62. The first kappa shape index (κ1) is 21.6. The van der Waals surface area contributed by atoms with Crippen LogP contribution in [0.2, 0.25) is 0 Å². The quantitative estimate of drug-likeness (QED) is 0.542. The van der Waals surface area contributed by atoms with Gasteiger partial charge in [0.05, 0.1) is 14.7 Å². The molecule has 0 fully saturated rings. The van der Waals surface area contributed by atoms with Gasteiger partial charge in [0, 0.05) is 11.8 Å². The Hall–Kier alpha value is -2.72. The van der Waals surface area contributed by atoms with Crippen LogP contribution in [0.4, 0.5) is 0 Å². The van der Waals surface area contributed by atoms with Crippen molar-refractivity contribution in [3.05, 3.63) is 53.1 Å². The number of nitrogens with two attached hydrogens (primary N) is 2. The Labute approximate surface area is 164 Å². The molecule has 0 atom stereocenters. The van der Waals surface area contributed by atoms with Gasteiger partial charge < -0.3 is 11.5 Å². The Morgan fingerprint density at radius 2 is 1.57 bits per heavy atom. The van der Waals surface area contributed by atoms with Gasteiger partial charge >= 0.3 is 0 Å². The number of nitrogens with zero attached hydrogens (tertiary/aromatic N) is 1. The summed E-state index contributed by atoms with van der Waals surface area (Å²) in [5.74, 6) is -1.33. The summed E-state index contributed by atoms with van der Waals surface area (Å²) >= 11 is 0. The predicted octanol–water partition coefficient (Wildman–Crippen LogP) is 1.21. The second kappa shape index (κ2) is 7.72. The van der Waals surface area contributed by atoms with E-state index in [1.165, 1.54) is 18.2 Å². The van der Waals surface area contributed by atoms with E-state index in [9.17, 15) is 21.6 Å². The summed E-state index contributed by atoms with van der Waals surface area (Å²) in [5, 5.41) is 0. The zero-order valence-electron chi connectivity index (χ0n) is 15.6. The van der Waals surface area contributed by atoms with Crippen molar-refractivity contribution >= 4 is 31.5 Å². The lowest BCUT2D eigenvalue weighted by Crippen LogP contribution is -2.24. The minimum Gasteiger partial charge on any atom is -0.370 e. The van der Waals surface area contributed by atoms with E-state index in [-0.39, 0.29) is 16.9 Å². The van der Waals surface area contributed by atoms with Gasteiger partial charge in [0.2, 0.25) is 9.84 Å². The van der Waals surface area contributed by atoms with Crippen molar-refractivity contribution in [1.82, 2.24) is 0 Å². The van der Waals surface area contributed by atoms with Crippen molar-refractivity contribution in [3.63, 3.8) is 0 Å². The minimum atomic E-state index is -4.14. The molecule has 8 nitrogen and oxygen atoms in total. The summed E-state index contributed by atoms with van der Waals surface area (Å²) in [7, 11) is -8.13. The summed E-state index contributed by atoms with van der Waals surface area (Å²) in [5.41, 5.74) is 11.6. The van der Waals surface area contributed by atoms with Crippen molar-refractivity contribution in [2.75, 3.05) is 6.26 Å². The van der Waals surface area contributed by atoms with E-state index in [1.54, 1.807) is 26.0 Å². The summed E-state index contributed by atoms with van der Waals surface area (Å²) in [6.07, 6.45) is 1.14. The molecule has 0 unspecified atom stereocenters. The van der Waals surface area contributed by atoms with Crippen LogP contribution in [0, 0.1) is 6.92 Å². The fourth-order valence-corrected chi connectivity index (χ4v) is 5.52. The van der Waals surface area contributed by atoms with E-state index in [0.29, 0.717) is 5.56 Å². The van der Waals surface area contributed by atoms with Crippen LogP contribution in [-0.4, -0.2) is 35.0 Å². The van der Waals surface area contributed by atoms with Crippen LogP contribution >= 0.6 is 0 Å². The topological polar surface area (TPSA) is 150 Å². The highest BCUT2D eigenvalue weighted by Gasteiger charge is 2.29. The third-order valence-corrected chi connectivity index (χ3v) is 7.11. The zero-order chi connectivity index (χ0) is 21.3. The monoisotopic (exact) mass is 423 g/mol. The van der Waals surface area contributed by atoms with Gasteiger partial charge in [-0.15, -0.1) is 0 Å². The van der Waals surface area contributed by atoms with Crippen molar-refractivity contribution in [3.8, 4) is 0 Å². The molecule has 0 bridgehead atoms. The van der Waals surface area contributed by atoms with Crippen molar-refractivity contribution < 1.29 is 21.6 Å². The largest absolute Gasteiger partial charge is 0.370 e. The molecule has 1 amide bonds. The first-order valence-electron chi connectivity index (χ1n) is 8.20. The maximum atomic E-state index is 13.1. The molecule has 0 radical (unpaired) electrons. The molecule has 0 aliphatic carbocycles. The molecule has 0 aliphatic rings. The Kier molecular flexibility index (Phi) is 5.95. The number of aliphatic imine (C=N–C) groups is 1. The fraction of sp³-hybridized carbons (Fsp3) is 0.222. The van der Waals surface area contributed by atoms with E-state index in [0.717, 1.165) is 17.9 Å². The highest BCUT2D eigenvalue weighted by Crippen LogP contribution is 2.31. The van der Waals surface area contributed by atoms with Crippen molar-refractivity contribution in [2.45, 2.75) is 35.0 Å². The van der Waals surface area contributed by atoms with Crippen LogP contribution in [0.3, 0.4) is 0 Å². The second-order valence-electron chi connectivity index (χ2n) is 6.24. The number of sulfone groups is 2. The maximum absolute atomic E-state index is 13.1. The molecular formula is C18H21N3O5S2. The van der Waals surface area contributed by atoms with E-state index in [4.69, 9.17) is 11.5 Å². The van der Waals surface area contributed by atoms with E-state index in [2.05, 4.69) is 4.99 Å². The number of guanidine groups is 1. The number of hydrogen-bond donors (Lipinski definition) is 2. The average molecular weight is 424 g/mol. The molecule has 10 heteroatoms. The molecule has 0 saturated heterocycles. The number of carbonyl (C=O) groups excluding carboxylic acids is 1. The van der Waals surface area contributed by atoms with Gasteiger partial charge in [-0.1, -0.05) is 24.6 Å². The molecule has 2 aromatic carbocycles. The van der Waals surface area contributed by atoms with Gasteiger partial charge in [0.15, 0.2) is 15.8 Å². The van der Waals surface area contributed by atoms with Gasteiger partial charge in [-0.2, -0.15) is 4.99 Å². The second-order valence-corrected chi connectivity index (χ2v) is 10.1. The van der Waals surface area contributed by atoms with Gasteiger partial charge in [-0.3, -0.25) is 4.79 Å². The number of carbonyl (C=O) groups is 1. The number of benzene rings is 2. The smallest absolute Gasteiger partial charge is 0.280 e. The number of aryl methyl sites for hydroxylation is 2. The zero-order valence-corrected chi connectivity index (χ0v) is 17.3. The van der Waals surface area contributed by atoms with Crippen molar-refractivity contribution in [2.24, 2.45) is 16.5 Å². The maximum Gasteiger partial charge on any atom is 0.280 e. The van der Waals surface area contributed by atoms with Gasteiger partial charge in [-0.05, 0) is 43.2 Å². The van der Waals surface area contributed by atoms with Crippen molar-refractivity contribution in [1.29, 1.82) is 0 Å². The van der Waals surface area contributed by atoms with Crippen LogP contribution in [0.5, 0.6) is 0 Å². The normalized spacial score (nSPS) is 11.8. The predicted molar refractivity (Wildman–Crippen MR) is 106 cm³/mol. The van der Waals surface area contributed by atoms with Crippen LogP contribution in [-0.2, 0) is 26.1 Å². The first-order valence-corrected chi connectivity index (χ1v) is 11.6. The lowest BCUT2D eigenvalue weighted by Gasteiger charge is -2.14. The Morgan fingerprint density at radius 1 is 1.00 bits per heavy atom. The molecule has 0 heterocycles. The van der Waals surface area contributed by atoms with Crippen LogP contribution in [0.15, 0.2) is 56.1 Å². The number of amides is 1. The molecule has 2 rings (SSSR count). The molecule has 2 aromatic rings. The molecular weight excluding hydrogens is 402 g/mol. The molecule has 0 aliphatic heterocycles. The lowest BCUT2D eigenvalue weighted by atomic mass is 10.0. The highest BCUT2D eigenvalue weighted by atomic mass is 32.2. The number of hydrogen-bond acceptors (Lipinski definition) is 5. The average Bonchev–Trinajstić information content (AvgIpc) is 2.59. The van der Waals surface area contributed by atoms with Gasteiger partial charge in [0.25, 0.3) is 5.91 Å². The molecule has 150 valence electrons. The summed E-state index contributed by atoms with van der Waals surface area (Å²) in [4.78, 5) is 14.8. The Balaban J connectivity index is 2.86. The summed E-state index contributed by atoms with van der Waals surface area (Å²) < 4.78 is 50.9. The molecule has 0 spiro atoms. The van der Waals surface area contributed by atoms with E-state index in [1.807, 2.05) is 0 Å². The summed E-state index contributed by atoms with van der Waals surface area (Å²) in [6.45, 7) is 3.50. The first-order chi connectivity index (χ1) is 12.9. The van der Waals surface area contributed by atoms with Gasteiger partial charge in [0.1, 0.15) is 0 Å². The van der Waals surface area contributed by atoms with E-state index < -0.39 is 41.3 Å². The lowest BCUT2D eigenvalue weighted by molar-refractivity contribution is 0.100. The van der Waals surface area contributed by atoms with Crippen LogP contribution < -0.4 is 11.5 Å². The van der Waals surface area contributed by atoms with E-state index >= 15 is 0 Å². The third kappa shape index (κ3) is 4.39. The summed E-state index contributed by atoms with van der Waals surface area (Å²) in [6, 6.07) is 8.25. The van der Waals surface area contributed by atoms with Crippen LogP contribution in [0.1, 0.15) is 28.4 Å². The van der Waals surface area contributed by atoms with Gasteiger partial charge in [-0.25, -0.2) is 16.8 Å². The highest BCUT2D eigenvalue weighted by molar-refractivity contribution is 7.94. The number of rotatable bonds is 5. The SMILES string of the molecule is CCc1cc(S(=O)(=O)c2ccc(C)cc2)c(S(C)(=O)=O)cc1C(=O)N=C(N)N. The Morgan fingerprint density at radius 3 is 2.04 bits per heavy atom. The molecule has 4 N–H and O–H groups in total. The standard InChI is InChI=1S/C18H21N3O5S2/c1-4-12-9-16(28(25,26)13-7-5-11(2)6-8-13)15(27(3,23)24)10-14(12)17(22)21-18(19)20/h5-10H,4H2,1-3H3,(H4,19,20,21,22). The molecule has 28 heavy (non-hydrogen) atoms. The minimum absolute atomic E-state index is 0.0478. The molecule has 0 aromatic heterocycles. The Bertz CT molecular complexity index is 1160. The van der Waals surface area contributed by atoms with Crippen LogP contribution in [0.25, 0.3) is 0 Å².